The highest BCUT2D eigenvalue weighted by atomic mass is 79.9. The predicted molar refractivity (Wildman–Crippen MR) is 60.4 cm³/mol. The number of carbonyl (C=O) groups excluding carboxylic acids is 1. The van der Waals surface area contributed by atoms with E-state index in [1.165, 1.54) is 11.1 Å². The highest BCUT2D eigenvalue weighted by molar-refractivity contribution is 9.10. The number of aryl methyl sites for hydroxylation is 1. The highest BCUT2D eigenvalue weighted by Crippen LogP contribution is 2.38. The van der Waals surface area contributed by atoms with E-state index >= 15 is 0 Å². The summed E-state index contributed by atoms with van der Waals surface area (Å²) in [4.78, 5) is 10.8. The topological polar surface area (TPSA) is 17.1 Å². The lowest BCUT2D eigenvalue weighted by Crippen LogP contribution is -2.07. The van der Waals surface area contributed by atoms with Crippen molar-refractivity contribution in [2.24, 2.45) is 5.92 Å². The second kappa shape index (κ2) is 3.85. The van der Waals surface area contributed by atoms with Gasteiger partial charge in [-0.3, -0.25) is 0 Å². The minimum Gasteiger partial charge on any atom is -0.303 e. The number of hydrogen-bond donors (Lipinski definition) is 0. The molecule has 1 aliphatic rings. The lowest BCUT2D eigenvalue weighted by molar-refractivity contribution is -0.111. The van der Waals surface area contributed by atoms with Crippen LogP contribution in [-0.2, 0) is 11.2 Å². The molecule has 1 aromatic carbocycles. The maximum Gasteiger partial charge on any atom is 0.123 e. The van der Waals surface area contributed by atoms with Crippen LogP contribution in [0.4, 0.5) is 0 Å². The largest absolute Gasteiger partial charge is 0.303 e. The number of rotatable bonds is 2. The molecule has 0 aliphatic heterocycles. The summed E-state index contributed by atoms with van der Waals surface area (Å²) in [5.41, 5.74) is 2.77. The zero-order chi connectivity index (χ0) is 10.1. The van der Waals surface area contributed by atoms with Gasteiger partial charge >= 0.3 is 0 Å². The van der Waals surface area contributed by atoms with Crippen molar-refractivity contribution in [2.75, 3.05) is 0 Å². The van der Waals surface area contributed by atoms with Gasteiger partial charge in [-0.25, -0.2) is 0 Å². The molecule has 2 atom stereocenters. The van der Waals surface area contributed by atoms with Crippen molar-refractivity contribution in [3.8, 4) is 0 Å². The van der Waals surface area contributed by atoms with E-state index in [9.17, 15) is 4.79 Å². The SMILES string of the molecule is CC(C=O)C1CCc2cc(Br)ccc21. The van der Waals surface area contributed by atoms with Crippen LogP contribution in [0.3, 0.4) is 0 Å². The molecule has 2 unspecified atom stereocenters. The number of benzene rings is 1. The molecule has 1 aliphatic carbocycles. The third-order valence-electron chi connectivity index (χ3n) is 3.08. The Morgan fingerprint density at radius 2 is 2.36 bits per heavy atom. The van der Waals surface area contributed by atoms with Gasteiger partial charge in [0.15, 0.2) is 0 Å². The average molecular weight is 253 g/mol. The quantitative estimate of drug-likeness (QED) is 0.739. The zero-order valence-corrected chi connectivity index (χ0v) is 9.75. The number of carbonyl (C=O) groups is 1. The van der Waals surface area contributed by atoms with E-state index in [0.717, 1.165) is 23.6 Å². The maximum absolute atomic E-state index is 10.8. The summed E-state index contributed by atoms with van der Waals surface area (Å²) in [6.07, 6.45) is 3.30. The van der Waals surface area contributed by atoms with Crippen LogP contribution in [0.5, 0.6) is 0 Å². The number of fused-ring (bicyclic) bond motifs is 1. The van der Waals surface area contributed by atoms with E-state index in [1.807, 2.05) is 6.92 Å². The summed E-state index contributed by atoms with van der Waals surface area (Å²) < 4.78 is 1.13. The first-order valence-electron chi connectivity index (χ1n) is 4.96. The second-order valence-electron chi connectivity index (χ2n) is 3.98. The molecule has 0 saturated heterocycles. The van der Waals surface area contributed by atoms with Crippen LogP contribution < -0.4 is 0 Å². The van der Waals surface area contributed by atoms with Crippen molar-refractivity contribution in [3.05, 3.63) is 33.8 Å². The van der Waals surface area contributed by atoms with Gasteiger partial charge in [0.05, 0.1) is 0 Å². The number of hydrogen-bond acceptors (Lipinski definition) is 1. The molecule has 0 N–H and O–H groups in total. The Bertz CT molecular complexity index is 359. The van der Waals surface area contributed by atoms with Crippen molar-refractivity contribution >= 4 is 22.2 Å². The molecule has 1 aromatic rings. The van der Waals surface area contributed by atoms with E-state index < -0.39 is 0 Å². The van der Waals surface area contributed by atoms with Gasteiger partial charge in [0.25, 0.3) is 0 Å². The molecule has 0 bridgehead atoms. The molecule has 2 rings (SSSR count). The fourth-order valence-corrected chi connectivity index (χ4v) is 2.67. The first kappa shape index (κ1) is 9.91. The lowest BCUT2D eigenvalue weighted by Gasteiger charge is -2.14. The third-order valence-corrected chi connectivity index (χ3v) is 3.57. The van der Waals surface area contributed by atoms with Gasteiger partial charge in [0, 0.05) is 10.4 Å². The second-order valence-corrected chi connectivity index (χ2v) is 4.90. The number of halogens is 1. The average Bonchev–Trinajstić information content (AvgIpc) is 2.59. The predicted octanol–water partition coefficient (Wildman–Crippen LogP) is 3.31. The molecular weight excluding hydrogens is 240 g/mol. The molecule has 0 amide bonds. The van der Waals surface area contributed by atoms with Crippen molar-refractivity contribution < 1.29 is 4.79 Å². The molecule has 2 heteroatoms. The van der Waals surface area contributed by atoms with Crippen LogP contribution >= 0.6 is 15.9 Å². The lowest BCUT2D eigenvalue weighted by atomic mass is 9.90. The van der Waals surface area contributed by atoms with Crippen LogP contribution in [0.25, 0.3) is 0 Å². The van der Waals surface area contributed by atoms with E-state index in [2.05, 4.69) is 34.1 Å². The fraction of sp³-hybridized carbons (Fsp3) is 0.417. The summed E-state index contributed by atoms with van der Waals surface area (Å²) in [6.45, 7) is 2.01. The molecule has 0 fully saturated rings. The summed E-state index contributed by atoms with van der Waals surface area (Å²) in [5.74, 6) is 0.591. The van der Waals surface area contributed by atoms with Crippen LogP contribution in [0.1, 0.15) is 30.4 Å². The maximum atomic E-state index is 10.8. The van der Waals surface area contributed by atoms with E-state index in [-0.39, 0.29) is 5.92 Å². The van der Waals surface area contributed by atoms with Crippen LogP contribution in [0.2, 0.25) is 0 Å². The van der Waals surface area contributed by atoms with Crippen LogP contribution in [-0.4, -0.2) is 6.29 Å². The Morgan fingerprint density at radius 3 is 3.07 bits per heavy atom. The monoisotopic (exact) mass is 252 g/mol. The van der Waals surface area contributed by atoms with Crippen molar-refractivity contribution in [3.63, 3.8) is 0 Å². The summed E-state index contributed by atoms with van der Waals surface area (Å²) in [7, 11) is 0. The molecule has 0 aromatic heterocycles. The normalized spacial score (nSPS) is 21.7. The summed E-state index contributed by atoms with van der Waals surface area (Å²) >= 11 is 3.47. The fourth-order valence-electron chi connectivity index (χ4n) is 2.26. The van der Waals surface area contributed by atoms with Gasteiger partial charge in [-0.2, -0.15) is 0 Å². The van der Waals surface area contributed by atoms with Gasteiger partial charge in [0.1, 0.15) is 6.29 Å². The molecular formula is C12H13BrO. The minimum atomic E-state index is 0.150. The molecule has 1 nitrogen and oxygen atoms in total. The van der Waals surface area contributed by atoms with Gasteiger partial charge in [0.2, 0.25) is 0 Å². The van der Waals surface area contributed by atoms with Crippen LogP contribution in [0, 0.1) is 5.92 Å². The van der Waals surface area contributed by atoms with Gasteiger partial charge in [-0.05, 0) is 42.0 Å². The molecule has 74 valence electrons. The Labute approximate surface area is 92.6 Å². The van der Waals surface area contributed by atoms with Crippen molar-refractivity contribution in [2.45, 2.75) is 25.7 Å². The van der Waals surface area contributed by atoms with Crippen molar-refractivity contribution in [1.29, 1.82) is 0 Å². The molecule has 0 spiro atoms. The number of aldehydes is 1. The molecule has 14 heavy (non-hydrogen) atoms. The smallest absolute Gasteiger partial charge is 0.123 e. The zero-order valence-electron chi connectivity index (χ0n) is 8.16. The van der Waals surface area contributed by atoms with E-state index in [0.29, 0.717) is 5.92 Å². The van der Waals surface area contributed by atoms with Crippen LogP contribution in [0.15, 0.2) is 22.7 Å². The Kier molecular flexibility index (Phi) is 2.73. The Hall–Kier alpha value is -0.630. The van der Waals surface area contributed by atoms with Gasteiger partial charge in [-0.15, -0.1) is 0 Å². The summed E-state index contributed by atoms with van der Waals surface area (Å²) in [6, 6.07) is 6.39. The molecule has 0 heterocycles. The first-order valence-corrected chi connectivity index (χ1v) is 5.75. The minimum absolute atomic E-state index is 0.150. The van der Waals surface area contributed by atoms with Gasteiger partial charge in [-0.1, -0.05) is 28.9 Å². The molecule has 0 radical (unpaired) electrons. The molecule has 0 saturated carbocycles. The standard InChI is InChI=1S/C12H13BrO/c1-8(7-14)11-4-2-9-6-10(13)3-5-12(9)11/h3,5-8,11H,2,4H2,1H3. The highest BCUT2D eigenvalue weighted by Gasteiger charge is 2.26. The Morgan fingerprint density at radius 1 is 1.57 bits per heavy atom. The van der Waals surface area contributed by atoms with Gasteiger partial charge < -0.3 is 4.79 Å². The first-order chi connectivity index (χ1) is 6.72. The summed E-state index contributed by atoms with van der Waals surface area (Å²) in [5, 5.41) is 0. The third kappa shape index (κ3) is 1.63. The van der Waals surface area contributed by atoms with E-state index in [1.54, 1.807) is 0 Å². The van der Waals surface area contributed by atoms with Crippen molar-refractivity contribution in [1.82, 2.24) is 0 Å². The Balaban J connectivity index is 2.35. The van der Waals surface area contributed by atoms with E-state index in [4.69, 9.17) is 0 Å².